The summed E-state index contributed by atoms with van der Waals surface area (Å²) >= 11 is 0. The van der Waals surface area contributed by atoms with Crippen LogP contribution in [0.4, 0.5) is 0 Å². The maximum absolute atomic E-state index is 12.0. The van der Waals surface area contributed by atoms with E-state index in [1.165, 1.54) is 0 Å². The molecule has 140 valence electrons. The van der Waals surface area contributed by atoms with E-state index in [0.29, 0.717) is 5.56 Å². The Morgan fingerprint density at radius 1 is 0.840 bits per heavy atom. The molecule has 5 heteroatoms. The molecule has 0 amide bonds. The molecule has 0 bridgehead atoms. The van der Waals surface area contributed by atoms with Crippen LogP contribution in [0.3, 0.4) is 0 Å². The second-order valence-corrected chi connectivity index (χ2v) is 8.44. The average Bonchev–Trinajstić information content (AvgIpc) is 2.50. The Morgan fingerprint density at radius 3 is 1.48 bits per heavy atom. The lowest BCUT2D eigenvalue weighted by atomic mass is 9.78. The van der Waals surface area contributed by atoms with Gasteiger partial charge in [0.15, 0.2) is 0 Å². The van der Waals surface area contributed by atoms with Crippen molar-refractivity contribution in [3.05, 3.63) is 34.9 Å². The van der Waals surface area contributed by atoms with Crippen molar-refractivity contribution >= 4 is 11.9 Å². The molecule has 0 radical (unpaired) electrons. The van der Waals surface area contributed by atoms with Gasteiger partial charge in [-0.15, -0.1) is 0 Å². The van der Waals surface area contributed by atoms with Gasteiger partial charge in [0.1, 0.15) is 0 Å². The van der Waals surface area contributed by atoms with Gasteiger partial charge in [-0.2, -0.15) is 0 Å². The molecule has 1 N–H and O–H groups in total. The highest BCUT2D eigenvalue weighted by atomic mass is 16.6. The van der Waals surface area contributed by atoms with E-state index in [2.05, 4.69) is 57.1 Å². The molecular weight excluding hydrogens is 320 g/mol. The molecule has 1 aromatic carbocycles. The van der Waals surface area contributed by atoms with Gasteiger partial charge in [-0.05, 0) is 27.5 Å². The van der Waals surface area contributed by atoms with E-state index in [9.17, 15) is 14.7 Å². The van der Waals surface area contributed by atoms with Crippen LogP contribution in [0, 0.1) is 0 Å². The first-order chi connectivity index (χ1) is 11.3. The summed E-state index contributed by atoms with van der Waals surface area (Å²) in [6.07, 6.45) is -0.209. The minimum atomic E-state index is -2.37. The normalized spacial score (nSPS) is 12.7. The molecule has 0 aliphatic rings. The fourth-order valence-corrected chi connectivity index (χ4v) is 2.52. The number of benzene rings is 1. The standard InChI is InChI=1S/C20H30O5/c1-18(2,3)14-9-13(10-15(11-14)19(4,5)6)12-20(23,16(21)24-7)17(22)25-8/h9-11,23H,12H2,1-8H3. The molecule has 0 aromatic heterocycles. The molecule has 25 heavy (non-hydrogen) atoms. The lowest BCUT2D eigenvalue weighted by Crippen LogP contribution is -2.50. The van der Waals surface area contributed by atoms with Gasteiger partial charge in [-0.25, -0.2) is 9.59 Å². The van der Waals surface area contributed by atoms with Crippen molar-refractivity contribution in [2.24, 2.45) is 0 Å². The van der Waals surface area contributed by atoms with Crippen molar-refractivity contribution < 1.29 is 24.2 Å². The second kappa shape index (κ2) is 7.16. The number of esters is 2. The van der Waals surface area contributed by atoms with E-state index < -0.39 is 17.5 Å². The van der Waals surface area contributed by atoms with Crippen molar-refractivity contribution in [3.63, 3.8) is 0 Å². The third kappa shape index (κ3) is 4.82. The van der Waals surface area contributed by atoms with Crippen molar-refractivity contribution in [1.29, 1.82) is 0 Å². The second-order valence-electron chi connectivity index (χ2n) is 8.44. The molecule has 0 aliphatic carbocycles. The number of hydrogen-bond acceptors (Lipinski definition) is 5. The van der Waals surface area contributed by atoms with Crippen molar-refractivity contribution in [2.45, 2.75) is 64.4 Å². The highest BCUT2D eigenvalue weighted by Gasteiger charge is 2.47. The summed E-state index contributed by atoms with van der Waals surface area (Å²) in [6, 6.07) is 5.94. The Hall–Kier alpha value is -1.88. The quantitative estimate of drug-likeness (QED) is 0.668. The van der Waals surface area contributed by atoms with Gasteiger partial charge in [-0.3, -0.25) is 0 Å². The summed E-state index contributed by atoms with van der Waals surface area (Å²) in [5.41, 5.74) is 0.194. The maximum Gasteiger partial charge on any atom is 0.350 e. The third-order valence-corrected chi connectivity index (χ3v) is 4.23. The molecule has 5 nitrogen and oxygen atoms in total. The zero-order valence-electron chi connectivity index (χ0n) is 16.5. The monoisotopic (exact) mass is 350 g/mol. The number of carbonyl (C=O) groups excluding carboxylic acids is 2. The number of methoxy groups -OCH3 is 2. The number of aliphatic hydroxyl groups is 1. The number of ether oxygens (including phenoxy) is 2. The largest absolute Gasteiger partial charge is 0.466 e. The molecule has 0 heterocycles. The van der Waals surface area contributed by atoms with E-state index in [1.807, 2.05) is 12.1 Å². The van der Waals surface area contributed by atoms with Crippen LogP contribution in [0.25, 0.3) is 0 Å². The summed E-state index contributed by atoms with van der Waals surface area (Å²) in [5.74, 6) is -2.06. The van der Waals surface area contributed by atoms with Crippen molar-refractivity contribution in [2.75, 3.05) is 14.2 Å². The topological polar surface area (TPSA) is 72.8 Å². The zero-order valence-corrected chi connectivity index (χ0v) is 16.5. The number of rotatable bonds is 4. The molecule has 0 saturated carbocycles. The van der Waals surface area contributed by atoms with Gasteiger partial charge < -0.3 is 14.6 Å². The highest BCUT2D eigenvalue weighted by Crippen LogP contribution is 2.31. The highest BCUT2D eigenvalue weighted by molar-refractivity contribution is 6.03. The first-order valence-corrected chi connectivity index (χ1v) is 8.30. The zero-order chi connectivity index (χ0) is 19.6. The lowest BCUT2D eigenvalue weighted by molar-refractivity contribution is -0.180. The summed E-state index contributed by atoms with van der Waals surface area (Å²) < 4.78 is 9.23. The van der Waals surface area contributed by atoms with Crippen LogP contribution in [0.5, 0.6) is 0 Å². The Kier molecular flexibility index (Phi) is 6.06. The summed E-state index contributed by atoms with van der Waals surface area (Å²) in [5, 5.41) is 10.6. The van der Waals surface area contributed by atoms with Gasteiger partial charge in [0.2, 0.25) is 0 Å². The Balaban J connectivity index is 3.49. The first kappa shape index (κ1) is 21.2. The van der Waals surface area contributed by atoms with Crippen LogP contribution in [-0.4, -0.2) is 36.9 Å². The van der Waals surface area contributed by atoms with E-state index >= 15 is 0 Å². The van der Waals surface area contributed by atoms with Crippen LogP contribution >= 0.6 is 0 Å². The fourth-order valence-electron chi connectivity index (χ4n) is 2.52. The molecule has 0 saturated heterocycles. The van der Waals surface area contributed by atoms with E-state index in [4.69, 9.17) is 0 Å². The van der Waals surface area contributed by atoms with Gasteiger partial charge >= 0.3 is 11.9 Å². The molecule has 1 aromatic rings. The predicted octanol–water partition coefficient (Wildman–Crippen LogP) is 2.90. The van der Waals surface area contributed by atoms with Gasteiger partial charge in [0, 0.05) is 6.42 Å². The SMILES string of the molecule is COC(=O)C(O)(Cc1cc(C(C)(C)C)cc(C(C)(C)C)c1)C(=O)OC. The van der Waals surface area contributed by atoms with Crippen LogP contribution in [0.2, 0.25) is 0 Å². The molecule has 0 aliphatic heterocycles. The third-order valence-electron chi connectivity index (χ3n) is 4.23. The Labute approximate surface area is 150 Å². The van der Waals surface area contributed by atoms with Gasteiger partial charge in [0.25, 0.3) is 5.60 Å². The van der Waals surface area contributed by atoms with Crippen LogP contribution < -0.4 is 0 Å². The molecule has 0 unspecified atom stereocenters. The molecule has 1 rings (SSSR count). The van der Waals surface area contributed by atoms with Crippen molar-refractivity contribution in [3.8, 4) is 0 Å². The van der Waals surface area contributed by atoms with Gasteiger partial charge in [-0.1, -0.05) is 59.7 Å². The summed E-state index contributed by atoms with van der Waals surface area (Å²) in [6.45, 7) is 12.5. The van der Waals surface area contributed by atoms with E-state index in [1.54, 1.807) is 0 Å². The minimum Gasteiger partial charge on any atom is -0.466 e. The summed E-state index contributed by atoms with van der Waals surface area (Å²) in [4.78, 5) is 24.1. The van der Waals surface area contributed by atoms with Crippen LogP contribution in [-0.2, 0) is 36.3 Å². The molecule has 0 fully saturated rings. The molecular formula is C20H30O5. The maximum atomic E-state index is 12.0. The van der Waals surface area contributed by atoms with Crippen molar-refractivity contribution in [1.82, 2.24) is 0 Å². The minimum absolute atomic E-state index is 0.120. The smallest absolute Gasteiger partial charge is 0.350 e. The van der Waals surface area contributed by atoms with Gasteiger partial charge in [0.05, 0.1) is 14.2 Å². The molecule has 0 atom stereocenters. The molecule has 0 spiro atoms. The fraction of sp³-hybridized carbons (Fsp3) is 0.600. The van der Waals surface area contributed by atoms with E-state index in [-0.39, 0.29) is 17.3 Å². The average molecular weight is 350 g/mol. The first-order valence-electron chi connectivity index (χ1n) is 8.30. The summed E-state index contributed by atoms with van der Waals surface area (Å²) in [7, 11) is 2.25. The number of hydrogen-bond donors (Lipinski definition) is 1. The van der Waals surface area contributed by atoms with Crippen LogP contribution in [0.15, 0.2) is 18.2 Å². The lowest BCUT2D eigenvalue weighted by Gasteiger charge is -2.28. The Morgan fingerprint density at radius 2 is 1.20 bits per heavy atom. The van der Waals surface area contributed by atoms with Crippen LogP contribution in [0.1, 0.15) is 58.2 Å². The Bertz CT molecular complexity index is 599. The van der Waals surface area contributed by atoms with E-state index in [0.717, 1.165) is 25.3 Å². The predicted molar refractivity (Wildman–Crippen MR) is 96.5 cm³/mol. The number of carbonyl (C=O) groups is 2.